The summed E-state index contributed by atoms with van der Waals surface area (Å²) in [5.41, 5.74) is 2.66. The van der Waals surface area contributed by atoms with Gasteiger partial charge in [-0.3, -0.25) is 0 Å². The molecule has 2 aromatic rings. The maximum absolute atomic E-state index is 6.03. The molecule has 3 nitrogen and oxygen atoms in total. The quantitative estimate of drug-likeness (QED) is 0.606. The molecule has 0 aliphatic carbocycles. The summed E-state index contributed by atoms with van der Waals surface area (Å²) < 4.78 is 17.2. The summed E-state index contributed by atoms with van der Waals surface area (Å²) in [7, 11) is 0. The average molecular weight is 369 g/mol. The molecule has 0 unspecified atom stereocenters. The van der Waals surface area contributed by atoms with Gasteiger partial charge in [-0.2, -0.15) is 0 Å². The molecule has 0 aromatic heterocycles. The van der Waals surface area contributed by atoms with Crippen molar-refractivity contribution in [2.45, 2.75) is 52.6 Å². The molecule has 3 rings (SSSR count). The second-order valence-electron chi connectivity index (χ2n) is 8.48. The van der Waals surface area contributed by atoms with Gasteiger partial charge in [0.15, 0.2) is 0 Å². The van der Waals surface area contributed by atoms with E-state index in [2.05, 4.69) is 69.3 Å². The van der Waals surface area contributed by atoms with Gasteiger partial charge >= 0.3 is 0 Å². The summed E-state index contributed by atoms with van der Waals surface area (Å²) in [5.74, 6) is 1.84. The highest BCUT2D eigenvalue weighted by atomic mass is 16.5. The lowest BCUT2D eigenvalue weighted by molar-refractivity contribution is -0.133. The zero-order valence-electron chi connectivity index (χ0n) is 17.2. The number of hydrogen-bond donors (Lipinski definition) is 0. The zero-order chi connectivity index (χ0) is 19.5. The molecule has 0 bridgehead atoms. The number of rotatable bonds is 8. The van der Waals surface area contributed by atoms with E-state index in [1.165, 1.54) is 11.1 Å². The normalized spacial score (nSPS) is 16.1. The van der Waals surface area contributed by atoms with Crippen LogP contribution in [-0.4, -0.2) is 25.9 Å². The summed E-state index contributed by atoms with van der Waals surface area (Å²) in [6.45, 7) is 13.1. The highest BCUT2D eigenvalue weighted by molar-refractivity contribution is 5.41. The molecular formula is C24H32O3. The van der Waals surface area contributed by atoms with E-state index in [9.17, 15) is 0 Å². The molecule has 0 spiro atoms. The monoisotopic (exact) mass is 368 g/mol. The Morgan fingerprint density at radius 2 is 1.44 bits per heavy atom. The molecule has 3 heteroatoms. The Balaban J connectivity index is 1.67. The van der Waals surface area contributed by atoms with Crippen molar-refractivity contribution in [1.29, 1.82) is 0 Å². The smallest absolute Gasteiger partial charge is 0.119 e. The van der Waals surface area contributed by atoms with Crippen LogP contribution in [-0.2, 0) is 10.2 Å². The summed E-state index contributed by atoms with van der Waals surface area (Å²) >= 11 is 0. The van der Waals surface area contributed by atoms with Crippen LogP contribution in [0.25, 0.3) is 0 Å². The van der Waals surface area contributed by atoms with Crippen LogP contribution in [0.1, 0.15) is 52.2 Å². The van der Waals surface area contributed by atoms with Crippen LogP contribution in [0, 0.1) is 5.41 Å². The van der Waals surface area contributed by atoms with Crippen LogP contribution >= 0.6 is 0 Å². The topological polar surface area (TPSA) is 27.7 Å². The first-order valence-corrected chi connectivity index (χ1v) is 9.93. The van der Waals surface area contributed by atoms with Crippen LogP contribution in [0.15, 0.2) is 48.5 Å². The van der Waals surface area contributed by atoms with E-state index in [-0.39, 0.29) is 16.9 Å². The minimum atomic E-state index is -0.0820. The van der Waals surface area contributed by atoms with Crippen LogP contribution in [0.2, 0.25) is 0 Å². The molecule has 2 aromatic carbocycles. The Kier molecular flexibility index (Phi) is 5.81. The Labute approximate surface area is 163 Å². The maximum atomic E-state index is 6.03. The van der Waals surface area contributed by atoms with E-state index in [0.29, 0.717) is 0 Å². The van der Waals surface area contributed by atoms with E-state index >= 15 is 0 Å². The molecule has 1 aliphatic heterocycles. The third-order valence-corrected chi connectivity index (χ3v) is 5.64. The number of benzene rings is 2. The molecule has 1 saturated heterocycles. The Hall–Kier alpha value is -2.00. The predicted octanol–water partition coefficient (Wildman–Crippen LogP) is 5.61. The summed E-state index contributed by atoms with van der Waals surface area (Å²) in [6, 6.07) is 16.9. The first kappa shape index (κ1) is 19.8. The van der Waals surface area contributed by atoms with Crippen molar-refractivity contribution in [2.75, 3.05) is 19.8 Å². The molecule has 0 N–H and O–H groups in total. The van der Waals surface area contributed by atoms with Gasteiger partial charge in [0.2, 0.25) is 0 Å². The minimum absolute atomic E-state index is 0.0820. The van der Waals surface area contributed by atoms with Gasteiger partial charge in [0, 0.05) is 5.41 Å². The van der Waals surface area contributed by atoms with Gasteiger partial charge in [-0.1, -0.05) is 45.0 Å². The van der Waals surface area contributed by atoms with Gasteiger partial charge in [0.1, 0.15) is 11.5 Å². The highest BCUT2D eigenvalue weighted by Crippen LogP contribution is 2.35. The van der Waals surface area contributed by atoms with E-state index in [0.717, 1.165) is 37.7 Å². The molecule has 1 fully saturated rings. The van der Waals surface area contributed by atoms with E-state index in [1.54, 1.807) is 0 Å². The third-order valence-electron chi connectivity index (χ3n) is 5.64. The first-order valence-electron chi connectivity index (χ1n) is 9.93. The van der Waals surface area contributed by atoms with Crippen molar-refractivity contribution >= 4 is 0 Å². The molecule has 146 valence electrons. The Morgan fingerprint density at radius 1 is 0.926 bits per heavy atom. The summed E-state index contributed by atoms with van der Waals surface area (Å²) in [5, 5.41) is 0. The standard InChI is InChI=1S/C24H32O3/c1-6-24(15-25-16-24)17-26-21-11-7-19(8-12-21)23(4,5)20-9-13-22(14-10-20)27-18(2)3/h7-14,18H,6,15-17H2,1-5H3. The van der Waals surface area contributed by atoms with E-state index < -0.39 is 0 Å². The number of ether oxygens (including phenoxy) is 3. The fourth-order valence-corrected chi connectivity index (χ4v) is 3.37. The number of hydrogen-bond acceptors (Lipinski definition) is 3. The van der Waals surface area contributed by atoms with Gasteiger partial charge in [-0.25, -0.2) is 0 Å². The first-order chi connectivity index (χ1) is 12.8. The summed E-state index contributed by atoms with van der Waals surface area (Å²) in [6.07, 6.45) is 1.28. The Morgan fingerprint density at radius 3 is 1.85 bits per heavy atom. The van der Waals surface area contributed by atoms with Crippen molar-refractivity contribution in [2.24, 2.45) is 5.41 Å². The van der Waals surface area contributed by atoms with Gasteiger partial charge in [-0.15, -0.1) is 0 Å². The van der Waals surface area contributed by atoms with Crippen molar-refractivity contribution < 1.29 is 14.2 Å². The molecular weight excluding hydrogens is 336 g/mol. The largest absolute Gasteiger partial charge is 0.493 e. The molecule has 1 heterocycles. The van der Waals surface area contributed by atoms with E-state index in [1.807, 2.05) is 13.8 Å². The fourth-order valence-electron chi connectivity index (χ4n) is 3.37. The third kappa shape index (κ3) is 4.47. The van der Waals surface area contributed by atoms with Gasteiger partial charge in [0.25, 0.3) is 0 Å². The predicted molar refractivity (Wildman–Crippen MR) is 110 cm³/mol. The lowest BCUT2D eigenvalue weighted by atomic mass is 9.78. The Bertz CT molecular complexity index is 720. The molecule has 0 amide bonds. The minimum Gasteiger partial charge on any atom is -0.493 e. The van der Waals surface area contributed by atoms with Crippen molar-refractivity contribution in [1.82, 2.24) is 0 Å². The van der Waals surface area contributed by atoms with Crippen molar-refractivity contribution in [3.05, 3.63) is 59.7 Å². The van der Waals surface area contributed by atoms with Crippen LogP contribution in [0.3, 0.4) is 0 Å². The van der Waals surface area contributed by atoms with Gasteiger partial charge in [-0.05, 0) is 55.7 Å². The second-order valence-corrected chi connectivity index (χ2v) is 8.48. The molecule has 0 atom stereocenters. The molecule has 1 aliphatic rings. The molecule has 0 radical (unpaired) electrons. The van der Waals surface area contributed by atoms with Gasteiger partial charge < -0.3 is 14.2 Å². The maximum Gasteiger partial charge on any atom is 0.119 e. The van der Waals surface area contributed by atoms with Gasteiger partial charge in [0.05, 0.1) is 31.3 Å². The SMILES string of the molecule is CCC1(COc2ccc(C(C)(C)c3ccc(OC(C)C)cc3)cc2)COC1. The fraction of sp³-hybridized carbons (Fsp3) is 0.500. The van der Waals surface area contributed by atoms with Crippen molar-refractivity contribution in [3.8, 4) is 11.5 Å². The van der Waals surface area contributed by atoms with Crippen LogP contribution < -0.4 is 9.47 Å². The second kappa shape index (κ2) is 7.93. The van der Waals surface area contributed by atoms with Crippen LogP contribution in [0.5, 0.6) is 11.5 Å². The van der Waals surface area contributed by atoms with Crippen LogP contribution in [0.4, 0.5) is 0 Å². The highest BCUT2D eigenvalue weighted by Gasteiger charge is 2.37. The lowest BCUT2D eigenvalue weighted by Gasteiger charge is -2.40. The lowest BCUT2D eigenvalue weighted by Crippen LogP contribution is -2.46. The average Bonchev–Trinajstić information content (AvgIpc) is 2.61. The summed E-state index contributed by atoms with van der Waals surface area (Å²) in [4.78, 5) is 0. The molecule has 0 saturated carbocycles. The van der Waals surface area contributed by atoms with E-state index in [4.69, 9.17) is 14.2 Å². The van der Waals surface area contributed by atoms with Crippen molar-refractivity contribution in [3.63, 3.8) is 0 Å². The zero-order valence-corrected chi connectivity index (χ0v) is 17.2. The molecule has 27 heavy (non-hydrogen) atoms.